The standard InChI is InChI=1S/C16H16N4/c1-2-6-14-9-12-19(11-8-13(14)5-1)16-18-17-15-7-3-4-10-20(15)16/h1-7,10H,8-9,11-12H2. The summed E-state index contributed by atoms with van der Waals surface area (Å²) in [6.45, 7) is 1.99. The quantitative estimate of drug-likeness (QED) is 0.676. The molecule has 1 aliphatic rings. The Morgan fingerprint density at radius 2 is 1.50 bits per heavy atom. The Kier molecular flexibility index (Phi) is 2.66. The van der Waals surface area contributed by atoms with Crippen molar-refractivity contribution >= 4 is 11.6 Å². The Hall–Kier alpha value is -2.36. The number of anilines is 1. The Labute approximate surface area is 117 Å². The van der Waals surface area contributed by atoms with Crippen LogP contribution in [0.3, 0.4) is 0 Å². The van der Waals surface area contributed by atoms with Crippen molar-refractivity contribution in [3.63, 3.8) is 0 Å². The smallest absolute Gasteiger partial charge is 0.231 e. The van der Waals surface area contributed by atoms with Crippen LogP contribution in [0.25, 0.3) is 5.65 Å². The molecule has 0 spiro atoms. The van der Waals surface area contributed by atoms with Crippen molar-refractivity contribution in [1.82, 2.24) is 14.6 Å². The number of nitrogens with zero attached hydrogens (tertiary/aromatic N) is 4. The molecular weight excluding hydrogens is 248 g/mol. The van der Waals surface area contributed by atoms with Crippen molar-refractivity contribution in [1.29, 1.82) is 0 Å². The van der Waals surface area contributed by atoms with Crippen LogP contribution >= 0.6 is 0 Å². The van der Waals surface area contributed by atoms with E-state index in [1.807, 2.05) is 24.4 Å². The summed E-state index contributed by atoms with van der Waals surface area (Å²) >= 11 is 0. The SMILES string of the molecule is c1ccc2c(c1)CCN(c1nnc3ccccn13)CC2. The number of pyridine rings is 1. The summed E-state index contributed by atoms with van der Waals surface area (Å²) < 4.78 is 2.07. The van der Waals surface area contributed by atoms with E-state index >= 15 is 0 Å². The maximum Gasteiger partial charge on any atom is 0.231 e. The number of aromatic nitrogens is 3. The molecule has 0 saturated heterocycles. The molecule has 0 aliphatic carbocycles. The molecule has 1 aromatic carbocycles. The highest BCUT2D eigenvalue weighted by Crippen LogP contribution is 2.20. The average Bonchev–Trinajstić information content (AvgIpc) is 2.81. The van der Waals surface area contributed by atoms with Gasteiger partial charge in [0.25, 0.3) is 0 Å². The molecule has 100 valence electrons. The van der Waals surface area contributed by atoms with Gasteiger partial charge in [-0.3, -0.25) is 4.40 Å². The van der Waals surface area contributed by atoms with Crippen LogP contribution < -0.4 is 4.90 Å². The van der Waals surface area contributed by atoms with Crippen molar-refractivity contribution in [2.45, 2.75) is 12.8 Å². The summed E-state index contributed by atoms with van der Waals surface area (Å²) in [4.78, 5) is 2.33. The van der Waals surface area contributed by atoms with Gasteiger partial charge in [0.05, 0.1) is 0 Å². The minimum Gasteiger partial charge on any atom is -0.340 e. The molecule has 0 fully saturated rings. The molecule has 20 heavy (non-hydrogen) atoms. The summed E-state index contributed by atoms with van der Waals surface area (Å²) in [5, 5.41) is 8.61. The Balaban J connectivity index is 1.68. The zero-order valence-electron chi connectivity index (χ0n) is 11.2. The van der Waals surface area contributed by atoms with Crippen LogP contribution in [0.15, 0.2) is 48.7 Å². The van der Waals surface area contributed by atoms with Crippen molar-refractivity contribution in [2.75, 3.05) is 18.0 Å². The number of fused-ring (bicyclic) bond motifs is 2. The molecule has 0 amide bonds. The van der Waals surface area contributed by atoms with Gasteiger partial charge < -0.3 is 4.90 Å². The van der Waals surface area contributed by atoms with E-state index in [0.717, 1.165) is 37.5 Å². The minimum absolute atomic E-state index is 0.907. The first-order valence-corrected chi connectivity index (χ1v) is 7.03. The normalized spacial score (nSPS) is 15.1. The van der Waals surface area contributed by atoms with Crippen molar-refractivity contribution in [3.05, 3.63) is 59.8 Å². The van der Waals surface area contributed by atoms with Crippen LogP contribution in [0.4, 0.5) is 5.95 Å². The Morgan fingerprint density at radius 1 is 0.800 bits per heavy atom. The first-order valence-electron chi connectivity index (χ1n) is 7.03. The Bertz CT molecular complexity index is 720. The van der Waals surface area contributed by atoms with Crippen LogP contribution in [0.1, 0.15) is 11.1 Å². The lowest BCUT2D eigenvalue weighted by Crippen LogP contribution is -2.28. The van der Waals surface area contributed by atoms with Gasteiger partial charge in [0, 0.05) is 19.3 Å². The molecular formula is C16H16N4. The average molecular weight is 264 g/mol. The third-order valence-corrected chi connectivity index (χ3v) is 4.00. The van der Waals surface area contributed by atoms with Crippen LogP contribution in [-0.2, 0) is 12.8 Å². The third-order valence-electron chi connectivity index (χ3n) is 4.00. The fourth-order valence-corrected chi connectivity index (χ4v) is 2.91. The lowest BCUT2D eigenvalue weighted by molar-refractivity contribution is 0.766. The summed E-state index contributed by atoms with van der Waals surface area (Å²) in [6.07, 6.45) is 4.17. The fourth-order valence-electron chi connectivity index (χ4n) is 2.91. The second-order valence-corrected chi connectivity index (χ2v) is 5.18. The number of hydrogen-bond acceptors (Lipinski definition) is 3. The molecule has 0 saturated carbocycles. The van der Waals surface area contributed by atoms with Gasteiger partial charge in [-0.2, -0.15) is 0 Å². The Morgan fingerprint density at radius 3 is 2.25 bits per heavy atom. The molecule has 0 atom stereocenters. The summed E-state index contributed by atoms with van der Waals surface area (Å²) in [7, 11) is 0. The van der Waals surface area contributed by atoms with Crippen LogP contribution in [0.2, 0.25) is 0 Å². The van der Waals surface area contributed by atoms with Gasteiger partial charge in [-0.05, 0) is 36.1 Å². The second-order valence-electron chi connectivity index (χ2n) is 5.18. The fraction of sp³-hybridized carbons (Fsp3) is 0.250. The molecule has 0 radical (unpaired) electrons. The van der Waals surface area contributed by atoms with E-state index in [2.05, 4.69) is 43.8 Å². The number of hydrogen-bond donors (Lipinski definition) is 0. The second kappa shape index (κ2) is 4.63. The molecule has 3 heterocycles. The molecule has 4 heteroatoms. The van der Waals surface area contributed by atoms with E-state index in [4.69, 9.17) is 0 Å². The van der Waals surface area contributed by atoms with E-state index in [1.54, 1.807) is 0 Å². The molecule has 0 N–H and O–H groups in total. The van der Waals surface area contributed by atoms with Gasteiger partial charge in [-0.25, -0.2) is 0 Å². The van der Waals surface area contributed by atoms with Gasteiger partial charge in [-0.15, -0.1) is 10.2 Å². The molecule has 4 rings (SSSR count). The lowest BCUT2D eigenvalue weighted by Gasteiger charge is -2.19. The van der Waals surface area contributed by atoms with Crippen LogP contribution in [-0.4, -0.2) is 27.7 Å². The number of benzene rings is 1. The van der Waals surface area contributed by atoms with Gasteiger partial charge >= 0.3 is 0 Å². The highest BCUT2D eigenvalue weighted by atomic mass is 15.4. The first-order chi connectivity index (χ1) is 9.92. The molecule has 2 aromatic heterocycles. The zero-order chi connectivity index (χ0) is 13.4. The van der Waals surface area contributed by atoms with E-state index < -0.39 is 0 Å². The van der Waals surface area contributed by atoms with E-state index in [-0.39, 0.29) is 0 Å². The van der Waals surface area contributed by atoms with Crippen LogP contribution in [0, 0.1) is 0 Å². The first kappa shape index (κ1) is 11.5. The van der Waals surface area contributed by atoms with E-state index in [9.17, 15) is 0 Å². The van der Waals surface area contributed by atoms with Gasteiger partial charge in [0.15, 0.2) is 5.65 Å². The molecule has 1 aliphatic heterocycles. The highest BCUT2D eigenvalue weighted by molar-refractivity contribution is 5.47. The van der Waals surface area contributed by atoms with Crippen molar-refractivity contribution < 1.29 is 0 Å². The summed E-state index contributed by atoms with van der Waals surface area (Å²) in [6, 6.07) is 14.7. The monoisotopic (exact) mass is 264 g/mol. The van der Waals surface area contributed by atoms with Gasteiger partial charge in [0.1, 0.15) is 0 Å². The molecule has 0 bridgehead atoms. The molecule has 3 aromatic rings. The molecule has 0 unspecified atom stereocenters. The van der Waals surface area contributed by atoms with E-state index in [1.165, 1.54) is 11.1 Å². The van der Waals surface area contributed by atoms with Gasteiger partial charge in [0.2, 0.25) is 5.95 Å². The maximum absolute atomic E-state index is 4.36. The van der Waals surface area contributed by atoms with Gasteiger partial charge in [-0.1, -0.05) is 30.3 Å². The van der Waals surface area contributed by atoms with Crippen molar-refractivity contribution in [2.24, 2.45) is 0 Å². The zero-order valence-corrected chi connectivity index (χ0v) is 11.2. The lowest BCUT2D eigenvalue weighted by atomic mass is 10.0. The minimum atomic E-state index is 0.907. The summed E-state index contributed by atoms with van der Waals surface area (Å²) in [5.41, 5.74) is 3.83. The van der Waals surface area contributed by atoms with Crippen molar-refractivity contribution in [3.8, 4) is 0 Å². The predicted molar refractivity (Wildman–Crippen MR) is 79.1 cm³/mol. The van der Waals surface area contributed by atoms with E-state index in [0.29, 0.717) is 0 Å². The maximum atomic E-state index is 4.36. The molecule has 4 nitrogen and oxygen atoms in total. The largest absolute Gasteiger partial charge is 0.340 e. The third kappa shape index (κ3) is 1.84. The number of rotatable bonds is 1. The highest BCUT2D eigenvalue weighted by Gasteiger charge is 2.17. The summed E-state index contributed by atoms with van der Waals surface area (Å²) in [5.74, 6) is 0.952. The van der Waals surface area contributed by atoms with Crippen LogP contribution in [0.5, 0.6) is 0 Å². The predicted octanol–water partition coefficient (Wildman–Crippen LogP) is 2.33. The topological polar surface area (TPSA) is 33.4 Å².